The van der Waals surface area contributed by atoms with Crippen molar-refractivity contribution in [3.63, 3.8) is 0 Å². The van der Waals surface area contributed by atoms with Crippen molar-refractivity contribution in [1.82, 2.24) is 9.97 Å². The molecule has 10 heteroatoms. The fourth-order valence-corrected chi connectivity index (χ4v) is 2.00. The Labute approximate surface area is 133 Å². The number of hydrogen-bond donors (Lipinski definition) is 1. The maximum absolute atomic E-state index is 12.9. The summed E-state index contributed by atoms with van der Waals surface area (Å²) in [5.41, 5.74) is -2.30. The Morgan fingerprint density at radius 1 is 1.29 bits per heavy atom. The van der Waals surface area contributed by atoms with E-state index in [1.807, 2.05) is 0 Å². The van der Waals surface area contributed by atoms with Crippen LogP contribution in [-0.2, 0) is 6.18 Å². The van der Waals surface area contributed by atoms with E-state index in [0.29, 0.717) is 23.7 Å². The summed E-state index contributed by atoms with van der Waals surface area (Å²) in [5.74, 6) is -0.270. The van der Waals surface area contributed by atoms with Crippen molar-refractivity contribution >= 4 is 17.3 Å². The normalized spacial score (nSPS) is 11.2. The predicted octanol–water partition coefficient (Wildman–Crippen LogP) is 3.27. The first-order valence-electron chi connectivity index (χ1n) is 6.57. The number of rotatable bonds is 3. The number of nitrogens with one attached hydrogen (secondary N) is 1. The molecule has 0 aliphatic carbocycles. The van der Waals surface area contributed by atoms with Crippen molar-refractivity contribution in [2.24, 2.45) is 0 Å². The second kappa shape index (κ2) is 6.22. The van der Waals surface area contributed by atoms with Crippen LogP contribution in [0.2, 0.25) is 0 Å². The highest BCUT2D eigenvalue weighted by atomic mass is 19.4. The zero-order chi connectivity index (χ0) is 18.1. The number of anilines is 1. The molecule has 2 rings (SSSR count). The summed E-state index contributed by atoms with van der Waals surface area (Å²) in [7, 11) is 0. The van der Waals surface area contributed by atoms with Crippen LogP contribution in [0, 0.1) is 24.0 Å². The number of halogens is 3. The first-order valence-corrected chi connectivity index (χ1v) is 6.57. The zero-order valence-corrected chi connectivity index (χ0v) is 12.5. The van der Waals surface area contributed by atoms with Gasteiger partial charge in [-0.05, 0) is 26.0 Å². The number of carbonyl (C=O) groups is 1. The Kier molecular flexibility index (Phi) is 4.49. The second-order valence-corrected chi connectivity index (χ2v) is 4.86. The first-order chi connectivity index (χ1) is 11.1. The van der Waals surface area contributed by atoms with Gasteiger partial charge in [0, 0.05) is 18.0 Å². The fourth-order valence-electron chi connectivity index (χ4n) is 2.00. The van der Waals surface area contributed by atoms with Gasteiger partial charge in [-0.2, -0.15) is 13.2 Å². The molecule has 2 aromatic rings. The van der Waals surface area contributed by atoms with Gasteiger partial charge in [0.25, 0.3) is 11.6 Å². The highest BCUT2D eigenvalue weighted by Crippen LogP contribution is 2.37. The molecule has 0 radical (unpaired) electrons. The van der Waals surface area contributed by atoms with Crippen LogP contribution in [0.4, 0.5) is 24.5 Å². The van der Waals surface area contributed by atoms with Crippen LogP contribution in [0.5, 0.6) is 0 Å². The molecule has 0 aliphatic heterocycles. The number of amides is 1. The summed E-state index contributed by atoms with van der Waals surface area (Å²) in [6, 6.07) is 2.23. The number of carbonyl (C=O) groups excluding carboxylic acids is 1. The van der Waals surface area contributed by atoms with E-state index in [0.717, 1.165) is 6.07 Å². The Morgan fingerprint density at radius 2 is 1.96 bits per heavy atom. The minimum Gasteiger partial charge on any atom is -0.322 e. The monoisotopic (exact) mass is 340 g/mol. The number of aromatic nitrogens is 2. The van der Waals surface area contributed by atoms with Crippen molar-refractivity contribution < 1.29 is 22.9 Å². The molecule has 0 saturated carbocycles. The molecule has 1 heterocycles. The van der Waals surface area contributed by atoms with Crippen molar-refractivity contribution in [2.45, 2.75) is 20.0 Å². The number of nitrogens with zero attached hydrogens (tertiary/aromatic N) is 3. The molecule has 1 aromatic heterocycles. The Bertz CT molecular complexity index is 821. The van der Waals surface area contributed by atoms with E-state index in [1.165, 1.54) is 6.20 Å². The maximum Gasteiger partial charge on any atom is 0.423 e. The number of nitro groups is 1. The zero-order valence-electron chi connectivity index (χ0n) is 12.5. The third-order valence-corrected chi connectivity index (χ3v) is 3.10. The third-order valence-electron chi connectivity index (χ3n) is 3.10. The summed E-state index contributed by atoms with van der Waals surface area (Å²) < 4.78 is 38.8. The number of alkyl halides is 3. The van der Waals surface area contributed by atoms with Gasteiger partial charge >= 0.3 is 6.18 Å². The lowest BCUT2D eigenvalue weighted by Crippen LogP contribution is -2.16. The SMILES string of the molecule is Cc1ncc(C(=O)Nc2ccc([N+](=O)[O-])c(C(F)(F)F)c2)c(C)n1. The quantitative estimate of drug-likeness (QED) is 0.683. The van der Waals surface area contributed by atoms with Gasteiger partial charge in [0.2, 0.25) is 0 Å². The molecule has 0 spiro atoms. The van der Waals surface area contributed by atoms with E-state index in [1.54, 1.807) is 13.8 Å². The summed E-state index contributed by atoms with van der Waals surface area (Å²) in [6.07, 6.45) is -3.67. The second-order valence-electron chi connectivity index (χ2n) is 4.86. The van der Waals surface area contributed by atoms with Gasteiger partial charge in [-0.1, -0.05) is 0 Å². The molecule has 0 bridgehead atoms. The maximum atomic E-state index is 12.9. The highest BCUT2D eigenvalue weighted by Gasteiger charge is 2.38. The van der Waals surface area contributed by atoms with Crippen LogP contribution in [0.3, 0.4) is 0 Å². The van der Waals surface area contributed by atoms with Crippen LogP contribution in [0.15, 0.2) is 24.4 Å². The van der Waals surface area contributed by atoms with Gasteiger partial charge in [-0.15, -0.1) is 0 Å². The minimum absolute atomic E-state index is 0.0903. The van der Waals surface area contributed by atoms with E-state index in [9.17, 15) is 28.1 Å². The first kappa shape index (κ1) is 17.3. The Hall–Kier alpha value is -3.04. The molecule has 0 fully saturated rings. The van der Waals surface area contributed by atoms with Crippen molar-refractivity contribution in [3.8, 4) is 0 Å². The van der Waals surface area contributed by atoms with Gasteiger partial charge in [-0.3, -0.25) is 14.9 Å². The average molecular weight is 340 g/mol. The van der Waals surface area contributed by atoms with Gasteiger partial charge < -0.3 is 5.32 Å². The van der Waals surface area contributed by atoms with E-state index in [2.05, 4.69) is 15.3 Å². The van der Waals surface area contributed by atoms with Gasteiger partial charge in [-0.25, -0.2) is 9.97 Å². The fraction of sp³-hybridized carbons (Fsp3) is 0.214. The van der Waals surface area contributed by atoms with Crippen LogP contribution < -0.4 is 5.32 Å². The number of aryl methyl sites for hydroxylation is 2. The lowest BCUT2D eigenvalue weighted by molar-refractivity contribution is -0.388. The van der Waals surface area contributed by atoms with E-state index in [-0.39, 0.29) is 11.3 Å². The smallest absolute Gasteiger partial charge is 0.322 e. The number of nitro benzene ring substituents is 1. The molecule has 0 aliphatic rings. The molecule has 24 heavy (non-hydrogen) atoms. The van der Waals surface area contributed by atoms with Crippen molar-refractivity contribution in [2.75, 3.05) is 5.32 Å². The Balaban J connectivity index is 2.36. The standard InChI is InChI=1S/C14H11F3N4O3/c1-7-10(6-18-8(2)19-7)13(22)20-9-3-4-12(21(23)24)11(5-9)14(15,16)17/h3-6H,1-2H3,(H,20,22). The van der Waals surface area contributed by atoms with Crippen LogP contribution in [0.1, 0.15) is 27.4 Å². The molecule has 7 nitrogen and oxygen atoms in total. The number of hydrogen-bond acceptors (Lipinski definition) is 5. The summed E-state index contributed by atoms with van der Waals surface area (Å²) in [5, 5.41) is 13.0. The topological polar surface area (TPSA) is 98.0 Å². The minimum atomic E-state index is -4.92. The molecule has 0 unspecified atom stereocenters. The molecule has 126 valence electrons. The third kappa shape index (κ3) is 3.65. The average Bonchev–Trinajstić information content (AvgIpc) is 2.45. The summed E-state index contributed by atoms with van der Waals surface area (Å²) in [4.78, 5) is 29.5. The molecular formula is C14H11F3N4O3. The molecule has 1 aromatic carbocycles. The lowest BCUT2D eigenvalue weighted by atomic mass is 10.1. The highest BCUT2D eigenvalue weighted by molar-refractivity contribution is 6.04. The summed E-state index contributed by atoms with van der Waals surface area (Å²) >= 11 is 0. The number of benzene rings is 1. The van der Waals surface area contributed by atoms with E-state index in [4.69, 9.17) is 0 Å². The van der Waals surface area contributed by atoms with Crippen molar-refractivity contribution in [1.29, 1.82) is 0 Å². The van der Waals surface area contributed by atoms with E-state index >= 15 is 0 Å². The lowest BCUT2D eigenvalue weighted by Gasteiger charge is -2.11. The molecular weight excluding hydrogens is 329 g/mol. The Morgan fingerprint density at radius 3 is 2.50 bits per heavy atom. The largest absolute Gasteiger partial charge is 0.423 e. The van der Waals surface area contributed by atoms with E-state index < -0.39 is 28.3 Å². The van der Waals surface area contributed by atoms with Gasteiger partial charge in [0.15, 0.2) is 0 Å². The van der Waals surface area contributed by atoms with Crippen molar-refractivity contribution in [3.05, 3.63) is 57.2 Å². The van der Waals surface area contributed by atoms with Crippen LogP contribution in [-0.4, -0.2) is 20.8 Å². The predicted molar refractivity (Wildman–Crippen MR) is 77.6 cm³/mol. The molecule has 1 amide bonds. The van der Waals surface area contributed by atoms with Gasteiger partial charge in [0.05, 0.1) is 16.2 Å². The molecule has 0 saturated heterocycles. The summed E-state index contributed by atoms with van der Waals surface area (Å²) in [6.45, 7) is 3.18. The van der Waals surface area contributed by atoms with Crippen LogP contribution in [0.25, 0.3) is 0 Å². The molecule has 1 N–H and O–H groups in total. The van der Waals surface area contributed by atoms with Crippen LogP contribution >= 0.6 is 0 Å². The molecule has 0 atom stereocenters. The van der Waals surface area contributed by atoms with Gasteiger partial charge in [0.1, 0.15) is 11.4 Å².